The molecule has 3 aromatic rings. The molecular formula is C23H24N2O. The van der Waals surface area contributed by atoms with Gasteiger partial charge in [-0.1, -0.05) is 62.4 Å². The molecule has 0 saturated heterocycles. The van der Waals surface area contributed by atoms with Crippen LogP contribution in [-0.4, -0.2) is 17.0 Å². The smallest absolute Gasteiger partial charge is 0.253 e. The second-order valence-corrected chi connectivity index (χ2v) is 7.90. The summed E-state index contributed by atoms with van der Waals surface area (Å²) in [5, 5.41) is 3.10. The second-order valence-electron chi connectivity index (χ2n) is 7.90. The van der Waals surface area contributed by atoms with E-state index >= 15 is 0 Å². The van der Waals surface area contributed by atoms with Crippen molar-refractivity contribution in [2.75, 3.05) is 6.54 Å². The molecule has 0 atom stereocenters. The molecule has 0 saturated carbocycles. The summed E-state index contributed by atoms with van der Waals surface area (Å²) in [5.74, 6) is 0.0232. The maximum atomic E-state index is 12.8. The number of carbonyl (C=O) groups excluding carboxylic acids is 1. The zero-order chi connectivity index (χ0) is 18.3. The van der Waals surface area contributed by atoms with Crippen molar-refractivity contribution in [1.82, 2.24) is 9.88 Å². The number of benzene rings is 2. The topological polar surface area (TPSA) is 34.0 Å². The monoisotopic (exact) mass is 344 g/mol. The summed E-state index contributed by atoms with van der Waals surface area (Å²) in [6, 6.07) is 20.7. The molecule has 0 fully saturated rings. The van der Waals surface area contributed by atoms with Crippen molar-refractivity contribution in [3.8, 4) is 16.9 Å². The van der Waals surface area contributed by atoms with Gasteiger partial charge in [-0.3, -0.25) is 4.79 Å². The van der Waals surface area contributed by atoms with Gasteiger partial charge in [0.05, 0.1) is 11.3 Å². The fourth-order valence-corrected chi connectivity index (χ4v) is 3.76. The van der Waals surface area contributed by atoms with E-state index in [2.05, 4.69) is 67.1 Å². The number of carbonyl (C=O) groups is 1. The fourth-order valence-electron chi connectivity index (χ4n) is 3.76. The highest BCUT2D eigenvalue weighted by Crippen LogP contribution is 2.35. The summed E-state index contributed by atoms with van der Waals surface area (Å²) in [6.07, 6.45) is 0.849. The molecule has 0 aliphatic carbocycles. The van der Waals surface area contributed by atoms with E-state index in [-0.39, 0.29) is 11.3 Å². The van der Waals surface area contributed by atoms with Crippen molar-refractivity contribution in [3.05, 3.63) is 77.5 Å². The molecule has 3 heteroatoms. The molecule has 1 aromatic heterocycles. The summed E-state index contributed by atoms with van der Waals surface area (Å²) in [4.78, 5) is 12.8. The van der Waals surface area contributed by atoms with Crippen molar-refractivity contribution in [1.29, 1.82) is 0 Å². The van der Waals surface area contributed by atoms with E-state index in [9.17, 15) is 4.79 Å². The van der Waals surface area contributed by atoms with E-state index in [0.29, 0.717) is 6.54 Å². The zero-order valence-electron chi connectivity index (χ0n) is 15.5. The van der Waals surface area contributed by atoms with Gasteiger partial charge in [-0.05, 0) is 42.0 Å². The van der Waals surface area contributed by atoms with E-state index in [1.807, 2.05) is 24.3 Å². The van der Waals surface area contributed by atoms with Crippen LogP contribution in [0.1, 0.15) is 35.5 Å². The quantitative estimate of drug-likeness (QED) is 0.714. The Bertz CT molecular complexity index is 967. The number of nitrogens with one attached hydrogen (secondary N) is 1. The molecule has 1 aliphatic heterocycles. The third-order valence-electron chi connectivity index (χ3n) is 5.15. The molecular weight excluding hydrogens is 320 g/mol. The number of para-hydroxylation sites is 1. The first-order valence-electron chi connectivity index (χ1n) is 9.10. The van der Waals surface area contributed by atoms with E-state index in [4.69, 9.17) is 0 Å². The summed E-state index contributed by atoms with van der Waals surface area (Å²) >= 11 is 0. The molecule has 26 heavy (non-hydrogen) atoms. The number of rotatable bonds is 2. The van der Waals surface area contributed by atoms with Crippen LogP contribution >= 0.6 is 0 Å². The molecule has 0 spiro atoms. The maximum absolute atomic E-state index is 12.8. The van der Waals surface area contributed by atoms with Crippen molar-refractivity contribution in [2.24, 2.45) is 5.41 Å². The summed E-state index contributed by atoms with van der Waals surface area (Å²) in [7, 11) is 0. The Morgan fingerprint density at radius 1 is 1.00 bits per heavy atom. The number of hydrogen-bond donors (Lipinski definition) is 1. The van der Waals surface area contributed by atoms with Crippen LogP contribution in [0.25, 0.3) is 16.9 Å². The summed E-state index contributed by atoms with van der Waals surface area (Å²) in [6.45, 7) is 7.23. The average molecular weight is 344 g/mol. The van der Waals surface area contributed by atoms with Gasteiger partial charge in [-0.15, -0.1) is 0 Å². The van der Waals surface area contributed by atoms with E-state index in [1.54, 1.807) is 0 Å². The van der Waals surface area contributed by atoms with Gasteiger partial charge in [0.2, 0.25) is 0 Å². The van der Waals surface area contributed by atoms with Crippen LogP contribution < -0.4 is 5.32 Å². The predicted octanol–water partition coefficient (Wildman–Crippen LogP) is 4.76. The Morgan fingerprint density at radius 3 is 2.42 bits per heavy atom. The highest BCUT2D eigenvalue weighted by molar-refractivity contribution is 5.98. The molecule has 3 nitrogen and oxygen atoms in total. The molecule has 1 amide bonds. The third-order valence-corrected chi connectivity index (χ3v) is 5.15. The Balaban J connectivity index is 2.04. The van der Waals surface area contributed by atoms with Gasteiger partial charge >= 0.3 is 0 Å². The van der Waals surface area contributed by atoms with Crippen LogP contribution in [0, 0.1) is 12.3 Å². The minimum absolute atomic E-state index is 0.00760. The lowest BCUT2D eigenvalue weighted by molar-refractivity contribution is 0.0945. The molecule has 132 valence electrons. The van der Waals surface area contributed by atoms with Gasteiger partial charge in [0, 0.05) is 17.9 Å². The van der Waals surface area contributed by atoms with Crippen molar-refractivity contribution >= 4 is 5.91 Å². The van der Waals surface area contributed by atoms with Gasteiger partial charge in [-0.25, -0.2) is 0 Å². The first kappa shape index (κ1) is 16.6. The lowest BCUT2D eigenvalue weighted by atomic mass is 9.88. The van der Waals surface area contributed by atoms with Crippen molar-refractivity contribution in [2.45, 2.75) is 27.2 Å². The molecule has 1 aliphatic rings. The molecule has 1 N–H and O–H groups in total. The fraction of sp³-hybridized carbons (Fsp3) is 0.261. The predicted molar refractivity (Wildman–Crippen MR) is 106 cm³/mol. The SMILES string of the molecule is Cc1ccccc1-n1c(-c2ccccc2)cc2c1CC(C)(C)CNC2=O. The highest BCUT2D eigenvalue weighted by Gasteiger charge is 2.31. The van der Waals surface area contributed by atoms with Crippen LogP contribution in [0.2, 0.25) is 0 Å². The minimum Gasteiger partial charge on any atom is -0.351 e. The molecule has 2 heterocycles. The van der Waals surface area contributed by atoms with Gasteiger partial charge < -0.3 is 9.88 Å². The van der Waals surface area contributed by atoms with Gasteiger partial charge in [0.25, 0.3) is 5.91 Å². The first-order chi connectivity index (χ1) is 12.5. The summed E-state index contributed by atoms with van der Waals surface area (Å²) in [5.41, 5.74) is 6.42. The number of aromatic nitrogens is 1. The Hall–Kier alpha value is -2.81. The lowest BCUT2D eigenvalue weighted by Crippen LogP contribution is -2.31. The minimum atomic E-state index is 0.00760. The molecule has 2 aromatic carbocycles. The van der Waals surface area contributed by atoms with Crippen molar-refractivity contribution < 1.29 is 4.79 Å². The maximum Gasteiger partial charge on any atom is 0.253 e. The van der Waals surface area contributed by atoms with Crippen LogP contribution in [-0.2, 0) is 6.42 Å². The Kier molecular flexibility index (Phi) is 3.95. The van der Waals surface area contributed by atoms with E-state index in [1.165, 1.54) is 5.56 Å². The van der Waals surface area contributed by atoms with Crippen LogP contribution in [0.15, 0.2) is 60.7 Å². The van der Waals surface area contributed by atoms with Gasteiger partial charge in [0.1, 0.15) is 0 Å². The van der Waals surface area contributed by atoms with E-state index in [0.717, 1.165) is 34.6 Å². The Labute approximate surface area is 154 Å². The molecule has 0 bridgehead atoms. The Morgan fingerprint density at radius 2 is 1.69 bits per heavy atom. The first-order valence-corrected chi connectivity index (χ1v) is 9.10. The normalized spacial score (nSPS) is 15.9. The third kappa shape index (κ3) is 2.84. The number of hydrogen-bond acceptors (Lipinski definition) is 1. The zero-order valence-corrected chi connectivity index (χ0v) is 15.5. The van der Waals surface area contributed by atoms with E-state index < -0.39 is 0 Å². The molecule has 0 radical (unpaired) electrons. The number of fused-ring (bicyclic) bond motifs is 1. The number of nitrogens with zero attached hydrogens (tertiary/aromatic N) is 1. The largest absolute Gasteiger partial charge is 0.351 e. The van der Waals surface area contributed by atoms with Crippen LogP contribution in [0.3, 0.4) is 0 Å². The van der Waals surface area contributed by atoms with Crippen molar-refractivity contribution in [3.63, 3.8) is 0 Å². The average Bonchev–Trinajstić information content (AvgIpc) is 2.94. The molecule has 4 rings (SSSR count). The number of amides is 1. The number of aryl methyl sites for hydroxylation is 1. The van der Waals surface area contributed by atoms with Gasteiger partial charge in [0.15, 0.2) is 0 Å². The summed E-state index contributed by atoms with van der Waals surface area (Å²) < 4.78 is 2.28. The highest BCUT2D eigenvalue weighted by atomic mass is 16.1. The molecule has 0 unspecified atom stereocenters. The lowest BCUT2D eigenvalue weighted by Gasteiger charge is -2.24. The van der Waals surface area contributed by atoms with Crippen LogP contribution in [0.4, 0.5) is 0 Å². The second kappa shape index (κ2) is 6.17. The van der Waals surface area contributed by atoms with Crippen LogP contribution in [0.5, 0.6) is 0 Å². The standard InChI is InChI=1S/C23H24N2O/c1-16-9-7-8-12-19(16)25-20(17-10-5-4-6-11-17)13-18-21(25)14-23(2,3)15-24-22(18)26/h4-13H,14-15H2,1-3H3,(H,24,26). The van der Waals surface area contributed by atoms with Gasteiger partial charge in [-0.2, -0.15) is 0 Å².